The number of likely N-dealkylation sites (tertiary alicyclic amines) is 1. The van der Waals surface area contributed by atoms with Crippen molar-refractivity contribution >= 4 is 28.3 Å². The van der Waals surface area contributed by atoms with E-state index in [-0.39, 0.29) is 12.4 Å². The Morgan fingerprint density at radius 3 is 2.50 bits per heavy atom. The molecule has 0 amide bonds. The third-order valence-electron chi connectivity index (χ3n) is 3.63. The first-order valence-corrected chi connectivity index (χ1v) is 7.27. The van der Waals surface area contributed by atoms with Gasteiger partial charge in [0.25, 0.3) is 0 Å². The predicted molar refractivity (Wildman–Crippen MR) is 87.2 cm³/mol. The van der Waals surface area contributed by atoms with E-state index in [0.29, 0.717) is 6.04 Å². The van der Waals surface area contributed by atoms with Crippen LogP contribution in [0, 0.1) is 0 Å². The van der Waals surface area contributed by atoms with Crippen LogP contribution in [0.4, 0.5) is 0 Å². The summed E-state index contributed by atoms with van der Waals surface area (Å²) >= 11 is 3.61. The molecular weight excluding hydrogens is 344 g/mol. The standard InChI is InChI=1S/C14H21BrN2O2.ClH/c1-16-11-4-5-17(9-11)8-10-6-13(18-2)14(19-3)7-12(10)15;/h6-7,11,16H,4-5,8-9H2,1-3H3;1H. The van der Waals surface area contributed by atoms with E-state index in [4.69, 9.17) is 9.47 Å². The number of hydrogen-bond donors (Lipinski definition) is 1. The maximum atomic E-state index is 5.36. The molecule has 1 atom stereocenters. The summed E-state index contributed by atoms with van der Waals surface area (Å²) in [6.45, 7) is 3.16. The molecule has 1 N–H and O–H groups in total. The fourth-order valence-electron chi connectivity index (χ4n) is 2.47. The number of hydrogen-bond acceptors (Lipinski definition) is 4. The molecule has 1 fully saturated rings. The van der Waals surface area contributed by atoms with Crippen molar-refractivity contribution in [3.63, 3.8) is 0 Å². The predicted octanol–water partition coefficient (Wildman–Crippen LogP) is 2.68. The Balaban J connectivity index is 0.00000200. The summed E-state index contributed by atoms with van der Waals surface area (Å²) in [5.74, 6) is 1.54. The first-order valence-electron chi connectivity index (χ1n) is 6.48. The molecule has 6 heteroatoms. The van der Waals surface area contributed by atoms with Gasteiger partial charge in [0.2, 0.25) is 0 Å². The highest BCUT2D eigenvalue weighted by Crippen LogP contribution is 2.34. The third-order valence-corrected chi connectivity index (χ3v) is 4.37. The monoisotopic (exact) mass is 364 g/mol. The van der Waals surface area contributed by atoms with Crippen LogP contribution in [0.3, 0.4) is 0 Å². The Hall–Kier alpha value is -0.490. The smallest absolute Gasteiger partial charge is 0.161 e. The van der Waals surface area contributed by atoms with Crippen LogP contribution in [0.5, 0.6) is 11.5 Å². The van der Waals surface area contributed by atoms with Gasteiger partial charge in [0.05, 0.1) is 14.2 Å². The van der Waals surface area contributed by atoms with Gasteiger partial charge in [-0.15, -0.1) is 12.4 Å². The van der Waals surface area contributed by atoms with Crippen molar-refractivity contribution < 1.29 is 9.47 Å². The Kier molecular flexibility index (Phi) is 7.09. The molecule has 0 aliphatic carbocycles. The van der Waals surface area contributed by atoms with Gasteiger partial charge in [-0.3, -0.25) is 4.90 Å². The zero-order valence-electron chi connectivity index (χ0n) is 12.1. The van der Waals surface area contributed by atoms with Crippen LogP contribution in [0.25, 0.3) is 0 Å². The van der Waals surface area contributed by atoms with Crippen LogP contribution >= 0.6 is 28.3 Å². The van der Waals surface area contributed by atoms with Crippen molar-refractivity contribution in [2.45, 2.75) is 19.0 Å². The second-order valence-electron chi connectivity index (χ2n) is 4.81. The van der Waals surface area contributed by atoms with Crippen LogP contribution in [0.15, 0.2) is 16.6 Å². The molecule has 1 saturated heterocycles. The van der Waals surface area contributed by atoms with Gasteiger partial charge in [0, 0.05) is 30.1 Å². The molecule has 1 aromatic rings. The molecule has 0 aromatic heterocycles. The maximum absolute atomic E-state index is 5.36. The largest absolute Gasteiger partial charge is 0.493 e. The van der Waals surface area contributed by atoms with Crippen LogP contribution in [0.2, 0.25) is 0 Å². The summed E-state index contributed by atoms with van der Waals surface area (Å²) in [6.07, 6.45) is 1.21. The van der Waals surface area contributed by atoms with E-state index in [9.17, 15) is 0 Å². The topological polar surface area (TPSA) is 33.7 Å². The normalized spacial score (nSPS) is 18.7. The number of benzene rings is 1. The lowest BCUT2D eigenvalue weighted by Crippen LogP contribution is -2.29. The zero-order chi connectivity index (χ0) is 13.8. The van der Waals surface area contributed by atoms with Crippen LogP contribution in [-0.2, 0) is 6.54 Å². The average molecular weight is 366 g/mol. The van der Waals surface area contributed by atoms with Crippen LogP contribution in [0.1, 0.15) is 12.0 Å². The average Bonchev–Trinajstić information content (AvgIpc) is 2.88. The minimum Gasteiger partial charge on any atom is -0.493 e. The van der Waals surface area contributed by atoms with E-state index in [2.05, 4.69) is 32.2 Å². The van der Waals surface area contributed by atoms with Crippen molar-refractivity contribution in [1.29, 1.82) is 0 Å². The molecule has 0 saturated carbocycles. The summed E-state index contributed by atoms with van der Waals surface area (Å²) in [5.41, 5.74) is 1.23. The number of nitrogens with zero attached hydrogens (tertiary/aromatic N) is 1. The first-order chi connectivity index (χ1) is 9.17. The van der Waals surface area contributed by atoms with Crippen LogP contribution in [-0.4, -0.2) is 45.3 Å². The molecule has 2 rings (SSSR count). The van der Waals surface area contributed by atoms with Gasteiger partial charge in [-0.2, -0.15) is 0 Å². The van der Waals surface area contributed by atoms with Crippen molar-refractivity contribution in [3.05, 3.63) is 22.2 Å². The second-order valence-corrected chi connectivity index (χ2v) is 5.66. The van der Waals surface area contributed by atoms with Crippen molar-refractivity contribution in [3.8, 4) is 11.5 Å². The molecule has 0 radical (unpaired) electrons. The molecule has 4 nitrogen and oxygen atoms in total. The fraction of sp³-hybridized carbons (Fsp3) is 0.571. The Morgan fingerprint density at radius 1 is 1.30 bits per heavy atom. The maximum Gasteiger partial charge on any atom is 0.161 e. The summed E-state index contributed by atoms with van der Waals surface area (Å²) in [6, 6.07) is 4.63. The van der Waals surface area contributed by atoms with Crippen molar-refractivity contribution in [2.75, 3.05) is 34.4 Å². The molecule has 0 bridgehead atoms. The van der Waals surface area contributed by atoms with Gasteiger partial charge in [0.15, 0.2) is 11.5 Å². The van der Waals surface area contributed by atoms with E-state index < -0.39 is 0 Å². The van der Waals surface area contributed by atoms with E-state index in [1.807, 2.05) is 13.1 Å². The lowest BCUT2D eigenvalue weighted by Gasteiger charge is -2.18. The van der Waals surface area contributed by atoms with Gasteiger partial charge in [0.1, 0.15) is 0 Å². The molecule has 114 valence electrons. The second kappa shape index (κ2) is 8.08. The number of rotatable bonds is 5. The number of halogens is 2. The Bertz CT molecular complexity index is 445. The zero-order valence-corrected chi connectivity index (χ0v) is 14.5. The minimum atomic E-state index is 0. The highest BCUT2D eigenvalue weighted by atomic mass is 79.9. The third kappa shape index (κ3) is 4.01. The molecule has 1 aromatic carbocycles. The van der Waals surface area contributed by atoms with Gasteiger partial charge >= 0.3 is 0 Å². The number of ether oxygens (including phenoxy) is 2. The molecule has 1 heterocycles. The summed E-state index contributed by atoms with van der Waals surface area (Å²) in [7, 11) is 5.35. The summed E-state index contributed by atoms with van der Waals surface area (Å²) in [4.78, 5) is 2.45. The van der Waals surface area contributed by atoms with Gasteiger partial charge in [-0.05, 0) is 31.2 Å². The van der Waals surface area contributed by atoms with Crippen molar-refractivity contribution in [1.82, 2.24) is 10.2 Å². The SMILES string of the molecule is CNC1CCN(Cc2cc(OC)c(OC)cc2Br)C1.Cl. The number of nitrogens with one attached hydrogen (secondary N) is 1. The number of methoxy groups -OCH3 is 2. The van der Waals surface area contributed by atoms with E-state index in [1.54, 1.807) is 14.2 Å². The number of likely N-dealkylation sites (N-methyl/N-ethyl adjacent to an activating group) is 1. The van der Waals surface area contributed by atoms with Gasteiger partial charge in [-0.1, -0.05) is 15.9 Å². The highest BCUT2D eigenvalue weighted by Gasteiger charge is 2.22. The summed E-state index contributed by atoms with van der Waals surface area (Å²) in [5, 5.41) is 3.34. The molecule has 0 spiro atoms. The quantitative estimate of drug-likeness (QED) is 0.870. The molecule has 1 aliphatic heterocycles. The molecule has 1 unspecified atom stereocenters. The first kappa shape index (κ1) is 17.6. The fourth-order valence-corrected chi connectivity index (χ4v) is 2.92. The Morgan fingerprint density at radius 2 is 1.95 bits per heavy atom. The minimum absolute atomic E-state index is 0. The van der Waals surface area contributed by atoms with Gasteiger partial charge in [-0.25, -0.2) is 0 Å². The lowest BCUT2D eigenvalue weighted by molar-refractivity contribution is 0.319. The van der Waals surface area contributed by atoms with Crippen molar-refractivity contribution in [2.24, 2.45) is 0 Å². The molecule has 20 heavy (non-hydrogen) atoms. The molecule has 1 aliphatic rings. The van der Waals surface area contributed by atoms with E-state index >= 15 is 0 Å². The summed E-state index contributed by atoms with van der Waals surface area (Å²) < 4.78 is 11.7. The Labute approximate surface area is 135 Å². The lowest BCUT2D eigenvalue weighted by atomic mass is 10.2. The highest BCUT2D eigenvalue weighted by molar-refractivity contribution is 9.10. The van der Waals surface area contributed by atoms with Crippen LogP contribution < -0.4 is 14.8 Å². The van der Waals surface area contributed by atoms with E-state index in [1.165, 1.54) is 12.0 Å². The van der Waals surface area contributed by atoms with E-state index in [0.717, 1.165) is 35.6 Å². The molecular formula is C14H22BrClN2O2. The van der Waals surface area contributed by atoms with Gasteiger partial charge < -0.3 is 14.8 Å².